The molecule has 0 spiro atoms. The molecule has 0 aliphatic heterocycles. The molecule has 0 atom stereocenters. The van der Waals surface area contributed by atoms with Crippen LogP contribution in [0.5, 0.6) is 0 Å². The molecule has 3 nitrogen and oxygen atoms in total. The van der Waals surface area contributed by atoms with Gasteiger partial charge in [0.15, 0.2) is 5.78 Å². The van der Waals surface area contributed by atoms with Gasteiger partial charge in [0.1, 0.15) is 6.29 Å². The molecular weight excluding hydrogens is 334 g/mol. The van der Waals surface area contributed by atoms with E-state index in [1.807, 2.05) is 55.5 Å². The summed E-state index contributed by atoms with van der Waals surface area (Å²) in [6, 6.07) is 19.7. The minimum Gasteiger partial charge on any atom is -0.341 e. The maximum atomic E-state index is 13.0. The summed E-state index contributed by atoms with van der Waals surface area (Å²) in [5, 5.41) is 2.14. The number of aldehydes is 1. The molecule has 3 aromatic carbocycles. The molecule has 0 saturated carbocycles. The van der Waals surface area contributed by atoms with E-state index in [0.29, 0.717) is 12.0 Å². The summed E-state index contributed by atoms with van der Waals surface area (Å²) < 4.78 is 2.25. The average Bonchev–Trinajstić information content (AvgIpc) is 3.00. The van der Waals surface area contributed by atoms with Gasteiger partial charge in [-0.2, -0.15) is 0 Å². The highest BCUT2D eigenvalue weighted by molar-refractivity contribution is 6.15. The van der Waals surface area contributed by atoms with E-state index < -0.39 is 0 Å². The number of hydrogen-bond acceptors (Lipinski definition) is 2. The maximum Gasteiger partial charge on any atom is 0.193 e. The van der Waals surface area contributed by atoms with Gasteiger partial charge in [-0.1, -0.05) is 30.3 Å². The van der Waals surface area contributed by atoms with Crippen molar-refractivity contribution >= 4 is 33.9 Å². The van der Waals surface area contributed by atoms with Crippen molar-refractivity contribution in [3.63, 3.8) is 0 Å². The summed E-state index contributed by atoms with van der Waals surface area (Å²) in [5.74, 6) is 0.0384. The van der Waals surface area contributed by atoms with Gasteiger partial charge in [-0.25, -0.2) is 0 Å². The number of ketones is 1. The molecule has 0 N–H and O–H groups in total. The van der Waals surface area contributed by atoms with Gasteiger partial charge in [-0.15, -0.1) is 0 Å². The normalized spacial score (nSPS) is 11.2. The largest absolute Gasteiger partial charge is 0.341 e. The van der Waals surface area contributed by atoms with Crippen LogP contribution in [-0.2, 0) is 17.8 Å². The number of hydrogen-bond donors (Lipinski definition) is 0. The standard InChI is InChI=1S/C24H21NO2/c1-3-25-22-10-8-17(12-13-26)14-20(22)21-15-18(9-11-23(21)25)24(27)19-7-5-4-6-16(19)2/h4-11,13-15H,3,12H2,1-2H3. The van der Waals surface area contributed by atoms with Crippen molar-refractivity contribution in [2.75, 3.05) is 0 Å². The number of aromatic nitrogens is 1. The molecule has 0 aliphatic rings. The van der Waals surface area contributed by atoms with Crippen LogP contribution in [0.4, 0.5) is 0 Å². The van der Waals surface area contributed by atoms with E-state index in [4.69, 9.17) is 0 Å². The highest BCUT2D eigenvalue weighted by atomic mass is 16.1. The number of fused-ring (bicyclic) bond motifs is 3. The molecule has 0 fully saturated rings. The first-order valence-electron chi connectivity index (χ1n) is 9.23. The fourth-order valence-corrected chi connectivity index (χ4v) is 3.84. The Kier molecular flexibility index (Phi) is 4.36. The number of aryl methyl sites for hydroxylation is 2. The summed E-state index contributed by atoms with van der Waals surface area (Å²) >= 11 is 0. The molecule has 0 saturated heterocycles. The van der Waals surface area contributed by atoms with E-state index in [1.54, 1.807) is 0 Å². The summed E-state index contributed by atoms with van der Waals surface area (Å²) in [6.45, 7) is 4.92. The fourth-order valence-electron chi connectivity index (χ4n) is 3.84. The molecule has 0 radical (unpaired) electrons. The minimum atomic E-state index is 0.0384. The second-order valence-corrected chi connectivity index (χ2v) is 6.84. The van der Waals surface area contributed by atoms with Crippen LogP contribution in [0.15, 0.2) is 60.7 Å². The van der Waals surface area contributed by atoms with E-state index in [2.05, 4.69) is 23.6 Å². The van der Waals surface area contributed by atoms with Crippen molar-refractivity contribution in [3.8, 4) is 0 Å². The predicted octanol–water partition coefficient (Wildman–Crippen LogP) is 5.10. The Morgan fingerprint density at radius 1 is 0.963 bits per heavy atom. The summed E-state index contributed by atoms with van der Waals surface area (Å²) in [4.78, 5) is 24.0. The molecule has 1 heterocycles. The lowest BCUT2D eigenvalue weighted by atomic mass is 9.97. The van der Waals surface area contributed by atoms with Crippen LogP contribution in [0.25, 0.3) is 21.8 Å². The third kappa shape index (κ3) is 2.85. The van der Waals surface area contributed by atoms with Crippen molar-refractivity contribution in [2.45, 2.75) is 26.8 Å². The van der Waals surface area contributed by atoms with Gasteiger partial charge >= 0.3 is 0 Å². The number of benzene rings is 3. The van der Waals surface area contributed by atoms with Crippen molar-refractivity contribution in [3.05, 3.63) is 82.9 Å². The third-order valence-corrected chi connectivity index (χ3v) is 5.22. The van der Waals surface area contributed by atoms with Crippen LogP contribution in [0.1, 0.15) is 34.0 Å². The van der Waals surface area contributed by atoms with Gasteiger partial charge in [-0.05, 0) is 55.3 Å². The third-order valence-electron chi connectivity index (χ3n) is 5.22. The molecule has 1 aromatic heterocycles. The molecule has 0 bridgehead atoms. The molecule has 27 heavy (non-hydrogen) atoms. The second kappa shape index (κ2) is 6.84. The van der Waals surface area contributed by atoms with Gasteiger partial charge in [0, 0.05) is 45.9 Å². The maximum absolute atomic E-state index is 13.0. The van der Waals surface area contributed by atoms with E-state index >= 15 is 0 Å². The lowest BCUT2D eigenvalue weighted by Gasteiger charge is -2.06. The molecule has 3 heteroatoms. The zero-order valence-electron chi connectivity index (χ0n) is 15.5. The van der Waals surface area contributed by atoms with E-state index in [0.717, 1.165) is 51.3 Å². The zero-order valence-corrected chi connectivity index (χ0v) is 15.5. The quantitative estimate of drug-likeness (QED) is 0.369. The van der Waals surface area contributed by atoms with Gasteiger partial charge in [0.05, 0.1) is 0 Å². The molecule has 4 rings (SSSR count). The van der Waals surface area contributed by atoms with Crippen molar-refractivity contribution < 1.29 is 9.59 Å². The number of rotatable bonds is 5. The van der Waals surface area contributed by atoms with Crippen LogP contribution >= 0.6 is 0 Å². The Hall–Kier alpha value is -3.20. The van der Waals surface area contributed by atoms with Crippen LogP contribution in [0.3, 0.4) is 0 Å². The smallest absolute Gasteiger partial charge is 0.193 e. The Morgan fingerprint density at radius 2 is 1.67 bits per heavy atom. The first-order valence-corrected chi connectivity index (χ1v) is 9.23. The molecule has 0 amide bonds. The first kappa shape index (κ1) is 17.2. The Bertz CT molecular complexity index is 1180. The lowest BCUT2D eigenvalue weighted by Crippen LogP contribution is -2.03. The lowest BCUT2D eigenvalue weighted by molar-refractivity contribution is -0.107. The van der Waals surface area contributed by atoms with Gasteiger partial charge in [0.2, 0.25) is 0 Å². The van der Waals surface area contributed by atoms with Crippen molar-refractivity contribution in [1.82, 2.24) is 4.57 Å². The number of carbonyl (C=O) groups is 2. The highest BCUT2D eigenvalue weighted by Crippen LogP contribution is 2.31. The van der Waals surface area contributed by atoms with Gasteiger partial charge in [0.25, 0.3) is 0 Å². The average molecular weight is 355 g/mol. The second-order valence-electron chi connectivity index (χ2n) is 6.84. The molecule has 0 unspecified atom stereocenters. The fraction of sp³-hybridized carbons (Fsp3) is 0.167. The molecule has 4 aromatic rings. The molecule has 0 aliphatic carbocycles. The molecule has 134 valence electrons. The Balaban J connectivity index is 1.94. The highest BCUT2D eigenvalue weighted by Gasteiger charge is 2.15. The van der Waals surface area contributed by atoms with E-state index in [-0.39, 0.29) is 5.78 Å². The Morgan fingerprint density at radius 3 is 2.37 bits per heavy atom. The Labute approximate surface area is 158 Å². The minimum absolute atomic E-state index is 0.0384. The van der Waals surface area contributed by atoms with Crippen LogP contribution in [-0.4, -0.2) is 16.6 Å². The zero-order chi connectivity index (χ0) is 19.0. The SMILES string of the molecule is CCn1c2ccc(CC=O)cc2c2cc(C(=O)c3ccccc3C)ccc21. The summed E-state index contributed by atoms with van der Waals surface area (Å²) in [5.41, 5.74) is 5.63. The molecular formula is C24H21NO2. The van der Waals surface area contributed by atoms with Crippen molar-refractivity contribution in [1.29, 1.82) is 0 Å². The van der Waals surface area contributed by atoms with Gasteiger partial charge in [-0.3, -0.25) is 4.79 Å². The number of nitrogens with zero attached hydrogens (tertiary/aromatic N) is 1. The van der Waals surface area contributed by atoms with E-state index in [1.165, 1.54) is 0 Å². The monoisotopic (exact) mass is 355 g/mol. The van der Waals surface area contributed by atoms with Crippen molar-refractivity contribution in [2.24, 2.45) is 0 Å². The topological polar surface area (TPSA) is 39.1 Å². The van der Waals surface area contributed by atoms with Gasteiger partial charge < -0.3 is 9.36 Å². The first-order chi connectivity index (χ1) is 13.1. The summed E-state index contributed by atoms with van der Waals surface area (Å²) in [6.07, 6.45) is 1.32. The number of carbonyl (C=O) groups excluding carboxylic acids is 2. The van der Waals surface area contributed by atoms with Crippen LogP contribution < -0.4 is 0 Å². The van der Waals surface area contributed by atoms with Crippen LogP contribution in [0, 0.1) is 6.92 Å². The van der Waals surface area contributed by atoms with Crippen LogP contribution in [0.2, 0.25) is 0 Å². The van der Waals surface area contributed by atoms with E-state index in [9.17, 15) is 9.59 Å². The summed E-state index contributed by atoms with van der Waals surface area (Å²) in [7, 11) is 0. The predicted molar refractivity (Wildman–Crippen MR) is 109 cm³/mol.